The summed E-state index contributed by atoms with van der Waals surface area (Å²) in [6, 6.07) is 12.3. The fraction of sp³-hybridized carbons (Fsp3) is 0.316. The topological polar surface area (TPSA) is 75.7 Å². The third-order valence-corrected chi connectivity index (χ3v) is 6.53. The van der Waals surface area contributed by atoms with E-state index in [0.717, 1.165) is 17.1 Å². The zero-order valence-electron chi connectivity index (χ0n) is 15.0. The van der Waals surface area contributed by atoms with Crippen molar-refractivity contribution in [3.8, 4) is 0 Å². The van der Waals surface area contributed by atoms with Crippen molar-refractivity contribution in [2.24, 2.45) is 0 Å². The Hall–Kier alpha value is -1.80. The largest absolute Gasteiger partial charge is 0.376 e. The number of hydrogen-bond acceptors (Lipinski definition) is 4. The van der Waals surface area contributed by atoms with Gasteiger partial charge in [-0.05, 0) is 43.2 Å². The zero-order chi connectivity index (χ0) is 20.1. The molecule has 1 aliphatic rings. The second-order valence-corrected chi connectivity index (χ2v) is 9.13. The van der Waals surface area contributed by atoms with Gasteiger partial charge in [-0.3, -0.25) is 9.10 Å². The van der Waals surface area contributed by atoms with Crippen LogP contribution in [-0.4, -0.2) is 40.1 Å². The van der Waals surface area contributed by atoms with Gasteiger partial charge < -0.3 is 10.1 Å². The number of rotatable bonds is 7. The van der Waals surface area contributed by atoms with Gasteiger partial charge in [0.25, 0.3) is 10.0 Å². The summed E-state index contributed by atoms with van der Waals surface area (Å²) in [4.78, 5) is 12.6. The van der Waals surface area contributed by atoms with E-state index >= 15 is 0 Å². The highest BCUT2D eigenvalue weighted by Gasteiger charge is 2.28. The second kappa shape index (κ2) is 9.13. The number of carbonyl (C=O) groups is 1. The fourth-order valence-electron chi connectivity index (χ4n) is 2.94. The molecular weight excluding hydrogens is 423 g/mol. The molecule has 0 unspecified atom stereocenters. The number of halogens is 2. The number of ether oxygens (including phenoxy) is 1. The van der Waals surface area contributed by atoms with Gasteiger partial charge in [-0.25, -0.2) is 8.42 Å². The Morgan fingerprint density at radius 2 is 1.82 bits per heavy atom. The average Bonchev–Trinajstić information content (AvgIpc) is 3.18. The number of sulfonamides is 1. The summed E-state index contributed by atoms with van der Waals surface area (Å²) in [5, 5.41) is 3.29. The molecule has 1 saturated heterocycles. The van der Waals surface area contributed by atoms with E-state index in [1.54, 1.807) is 18.2 Å². The van der Waals surface area contributed by atoms with E-state index < -0.39 is 22.5 Å². The number of nitrogens with one attached hydrogen (secondary N) is 1. The minimum absolute atomic E-state index is 0.0382. The quantitative estimate of drug-likeness (QED) is 0.711. The molecule has 2 aromatic rings. The molecule has 0 saturated carbocycles. The Labute approximate surface area is 174 Å². The van der Waals surface area contributed by atoms with Crippen molar-refractivity contribution in [3.05, 3.63) is 58.6 Å². The molecular formula is C19H20Cl2N2O4S. The van der Waals surface area contributed by atoms with Crippen LogP contribution >= 0.6 is 23.2 Å². The molecule has 2 aromatic carbocycles. The van der Waals surface area contributed by atoms with Crippen molar-refractivity contribution in [2.75, 3.05) is 24.0 Å². The highest BCUT2D eigenvalue weighted by Crippen LogP contribution is 2.29. The monoisotopic (exact) mass is 442 g/mol. The first kappa shape index (κ1) is 20.9. The van der Waals surface area contributed by atoms with Gasteiger partial charge in [-0.1, -0.05) is 41.4 Å². The van der Waals surface area contributed by atoms with Crippen molar-refractivity contribution in [1.29, 1.82) is 0 Å². The molecule has 1 N–H and O–H groups in total. The first-order valence-corrected chi connectivity index (χ1v) is 11.0. The lowest BCUT2D eigenvalue weighted by molar-refractivity contribution is -0.120. The van der Waals surface area contributed by atoms with Gasteiger partial charge in [0.1, 0.15) is 6.54 Å². The Morgan fingerprint density at radius 1 is 1.14 bits per heavy atom. The maximum Gasteiger partial charge on any atom is 0.264 e. The van der Waals surface area contributed by atoms with Crippen molar-refractivity contribution in [2.45, 2.75) is 23.8 Å². The first-order valence-electron chi connectivity index (χ1n) is 8.78. The number of anilines is 1. The molecule has 1 fully saturated rings. The van der Waals surface area contributed by atoms with Crippen LogP contribution < -0.4 is 9.62 Å². The van der Waals surface area contributed by atoms with E-state index in [2.05, 4.69) is 5.32 Å². The molecule has 1 aliphatic heterocycles. The molecule has 0 aliphatic carbocycles. The summed E-state index contributed by atoms with van der Waals surface area (Å²) in [5.74, 6) is -0.439. The Balaban J connectivity index is 1.87. The molecule has 0 bridgehead atoms. The Kier molecular flexibility index (Phi) is 6.82. The number of hydrogen-bond donors (Lipinski definition) is 1. The summed E-state index contributed by atoms with van der Waals surface area (Å²) >= 11 is 12.1. The lowest BCUT2D eigenvalue weighted by atomic mass is 10.2. The third-order valence-electron chi connectivity index (χ3n) is 4.30. The van der Waals surface area contributed by atoms with Crippen LogP contribution in [0, 0.1) is 0 Å². The van der Waals surface area contributed by atoms with Crippen LogP contribution in [0.15, 0.2) is 53.4 Å². The molecule has 0 aromatic heterocycles. The fourth-order valence-corrected chi connectivity index (χ4v) is 4.88. The van der Waals surface area contributed by atoms with Gasteiger partial charge in [0.15, 0.2) is 0 Å². The van der Waals surface area contributed by atoms with Crippen molar-refractivity contribution < 1.29 is 17.9 Å². The SMILES string of the molecule is O=C(CN(c1cc(Cl)cc(Cl)c1)S(=O)(=O)c1ccccc1)NC[C@H]1CCCO1. The van der Waals surface area contributed by atoms with E-state index in [1.165, 1.54) is 30.3 Å². The van der Waals surface area contributed by atoms with Crippen LogP contribution in [0.1, 0.15) is 12.8 Å². The molecule has 6 nitrogen and oxygen atoms in total. The average molecular weight is 443 g/mol. The predicted molar refractivity (Wildman–Crippen MR) is 109 cm³/mol. The van der Waals surface area contributed by atoms with Crippen LogP contribution in [-0.2, 0) is 19.6 Å². The van der Waals surface area contributed by atoms with Crippen molar-refractivity contribution in [1.82, 2.24) is 5.32 Å². The van der Waals surface area contributed by atoms with Crippen LogP contribution in [0.2, 0.25) is 10.0 Å². The molecule has 28 heavy (non-hydrogen) atoms. The Bertz CT molecular complexity index is 912. The number of amides is 1. The molecule has 1 atom stereocenters. The maximum absolute atomic E-state index is 13.2. The standard InChI is InChI=1S/C19H20Cl2N2O4S/c20-14-9-15(21)11-16(10-14)23(28(25,26)18-6-2-1-3-7-18)13-19(24)22-12-17-5-4-8-27-17/h1-3,6-7,9-11,17H,4-5,8,12-13H2,(H,22,24)/t17-/m1/s1. The van der Waals surface area contributed by atoms with Crippen LogP contribution in [0.4, 0.5) is 5.69 Å². The highest BCUT2D eigenvalue weighted by molar-refractivity contribution is 7.92. The number of carbonyl (C=O) groups excluding carboxylic acids is 1. The number of nitrogens with zero attached hydrogens (tertiary/aromatic N) is 1. The normalized spacial score (nSPS) is 16.7. The summed E-state index contributed by atoms with van der Waals surface area (Å²) < 4.78 is 32.9. The second-order valence-electron chi connectivity index (χ2n) is 6.39. The maximum atomic E-state index is 13.2. The van der Waals surface area contributed by atoms with Crippen LogP contribution in [0.25, 0.3) is 0 Å². The van der Waals surface area contributed by atoms with Gasteiger partial charge in [-0.2, -0.15) is 0 Å². The predicted octanol–water partition coefficient (Wildman–Crippen LogP) is 3.48. The molecule has 3 rings (SSSR count). The summed E-state index contributed by atoms with van der Waals surface area (Å²) in [5.41, 5.74) is 0.216. The van der Waals surface area contributed by atoms with Gasteiger partial charge in [-0.15, -0.1) is 0 Å². The van der Waals surface area contributed by atoms with E-state index in [9.17, 15) is 13.2 Å². The first-order chi connectivity index (χ1) is 13.4. The molecule has 1 amide bonds. The van der Waals surface area contributed by atoms with Crippen LogP contribution in [0.5, 0.6) is 0 Å². The molecule has 0 radical (unpaired) electrons. The number of benzene rings is 2. The van der Waals surface area contributed by atoms with E-state index in [0.29, 0.717) is 13.2 Å². The summed E-state index contributed by atoms with van der Waals surface area (Å²) in [7, 11) is -4.00. The molecule has 150 valence electrons. The van der Waals surface area contributed by atoms with Gasteiger partial charge >= 0.3 is 0 Å². The van der Waals surface area contributed by atoms with E-state index in [1.807, 2.05) is 0 Å². The third kappa shape index (κ3) is 5.17. The van der Waals surface area contributed by atoms with Crippen molar-refractivity contribution >= 4 is 44.8 Å². The summed E-state index contributed by atoms with van der Waals surface area (Å²) in [6.45, 7) is 0.616. The smallest absolute Gasteiger partial charge is 0.264 e. The van der Waals surface area contributed by atoms with Crippen molar-refractivity contribution in [3.63, 3.8) is 0 Å². The lowest BCUT2D eigenvalue weighted by Crippen LogP contribution is -2.42. The van der Waals surface area contributed by atoms with Gasteiger partial charge in [0.2, 0.25) is 5.91 Å². The minimum atomic E-state index is -4.00. The summed E-state index contributed by atoms with van der Waals surface area (Å²) in [6.07, 6.45) is 1.79. The van der Waals surface area contributed by atoms with Crippen LogP contribution in [0.3, 0.4) is 0 Å². The minimum Gasteiger partial charge on any atom is -0.376 e. The van der Waals surface area contributed by atoms with E-state index in [-0.39, 0.29) is 26.7 Å². The molecule has 9 heteroatoms. The molecule has 1 heterocycles. The van der Waals surface area contributed by atoms with Gasteiger partial charge in [0, 0.05) is 23.2 Å². The zero-order valence-corrected chi connectivity index (χ0v) is 17.3. The van der Waals surface area contributed by atoms with E-state index in [4.69, 9.17) is 27.9 Å². The van der Waals surface area contributed by atoms with Gasteiger partial charge in [0.05, 0.1) is 16.7 Å². The highest BCUT2D eigenvalue weighted by atomic mass is 35.5. The Morgan fingerprint density at radius 3 is 2.43 bits per heavy atom. The molecule has 0 spiro atoms. The lowest BCUT2D eigenvalue weighted by Gasteiger charge is -2.25.